The molecule has 0 radical (unpaired) electrons. The van der Waals surface area contributed by atoms with Crippen LogP contribution in [0.3, 0.4) is 0 Å². The Morgan fingerprint density at radius 2 is 1.50 bits per heavy atom. The lowest BCUT2D eigenvalue weighted by molar-refractivity contribution is -0.118. The van der Waals surface area contributed by atoms with E-state index >= 15 is 0 Å². The molecule has 0 saturated heterocycles. The second kappa shape index (κ2) is 2.57. The molecular weight excluding hydrogens is 124 g/mol. The molecular formula is C9H16O. The topological polar surface area (TPSA) is 17.1 Å². The van der Waals surface area contributed by atoms with E-state index in [0.717, 1.165) is 6.29 Å². The van der Waals surface area contributed by atoms with Crippen molar-refractivity contribution >= 4 is 6.29 Å². The van der Waals surface area contributed by atoms with Crippen LogP contribution in [-0.2, 0) is 4.79 Å². The first-order valence-electron chi connectivity index (χ1n) is 3.47. The van der Waals surface area contributed by atoms with Crippen LogP contribution in [0.5, 0.6) is 0 Å². The van der Waals surface area contributed by atoms with Gasteiger partial charge < -0.3 is 4.79 Å². The maximum absolute atomic E-state index is 10.6. The summed E-state index contributed by atoms with van der Waals surface area (Å²) in [4.78, 5) is 10.6. The van der Waals surface area contributed by atoms with Crippen molar-refractivity contribution in [3.63, 3.8) is 0 Å². The molecule has 0 amide bonds. The summed E-state index contributed by atoms with van der Waals surface area (Å²) in [6.07, 6.45) is 2.80. The normalized spacial score (nSPS) is 12.8. The van der Waals surface area contributed by atoms with Gasteiger partial charge >= 0.3 is 0 Å². The van der Waals surface area contributed by atoms with Crippen molar-refractivity contribution < 1.29 is 4.79 Å². The quantitative estimate of drug-likeness (QED) is 0.434. The molecule has 0 saturated carbocycles. The second-order valence-electron chi connectivity index (χ2n) is 3.77. The number of carbonyl (C=O) groups excluding carboxylic acids is 1. The Labute approximate surface area is 63.1 Å². The zero-order valence-electron chi connectivity index (χ0n) is 7.27. The Kier molecular flexibility index (Phi) is 2.42. The molecule has 0 aliphatic heterocycles. The van der Waals surface area contributed by atoms with Crippen molar-refractivity contribution in [1.82, 2.24) is 0 Å². The number of carbonyl (C=O) groups is 1. The molecule has 1 heteroatoms. The van der Waals surface area contributed by atoms with Gasteiger partial charge in [-0.2, -0.15) is 0 Å². The summed E-state index contributed by atoms with van der Waals surface area (Å²) in [5.41, 5.74) is -0.427. The average Bonchev–Trinajstić information content (AvgIpc) is 1.88. The van der Waals surface area contributed by atoms with Crippen molar-refractivity contribution in [1.29, 1.82) is 0 Å². The standard InChI is InChI=1S/C9H16O/c1-6-8(2,3)9(4,5)7-10/h6-7H,1H2,2-5H3. The van der Waals surface area contributed by atoms with Crippen LogP contribution >= 0.6 is 0 Å². The van der Waals surface area contributed by atoms with Crippen LogP contribution in [0, 0.1) is 10.8 Å². The SMILES string of the molecule is C=CC(C)(C)C(C)(C)C=O. The molecule has 0 rings (SSSR count). The van der Waals surface area contributed by atoms with Gasteiger partial charge in [-0.25, -0.2) is 0 Å². The van der Waals surface area contributed by atoms with Gasteiger partial charge in [-0.1, -0.05) is 33.8 Å². The minimum absolute atomic E-state index is 0.116. The fourth-order valence-corrected chi connectivity index (χ4v) is 0.415. The van der Waals surface area contributed by atoms with Gasteiger partial charge in [0.25, 0.3) is 0 Å². The molecule has 0 bridgehead atoms. The fraction of sp³-hybridized carbons (Fsp3) is 0.667. The van der Waals surface area contributed by atoms with E-state index in [2.05, 4.69) is 6.58 Å². The minimum atomic E-state index is -0.311. The Morgan fingerprint density at radius 3 is 1.60 bits per heavy atom. The number of aldehydes is 1. The Balaban J connectivity index is 4.59. The summed E-state index contributed by atoms with van der Waals surface area (Å²) < 4.78 is 0. The Morgan fingerprint density at radius 1 is 1.10 bits per heavy atom. The van der Waals surface area contributed by atoms with Crippen LogP contribution in [0.4, 0.5) is 0 Å². The first-order valence-corrected chi connectivity index (χ1v) is 3.47. The van der Waals surface area contributed by atoms with E-state index in [4.69, 9.17) is 0 Å². The zero-order valence-corrected chi connectivity index (χ0v) is 7.27. The van der Waals surface area contributed by atoms with Crippen LogP contribution in [0.1, 0.15) is 27.7 Å². The summed E-state index contributed by atoms with van der Waals surface area (Å²) in [6, 6.07) is 0. The van der Waals surface area contributed by atoms with E-state index < -0.39 is 0 Å². The van der Waals surface area contributed by atoms with Gasteiger partial charge in [0.05, 0.1) is 0 Å². The lowest BCUT2D eigenvalue weighted by atomic mass is 9.69. The number of hydrogen-bond donors (Lipinski definition) is 0. The molecule has 0 spiro atoms. The molecule has 10 heavy (non-hydrogen) atoms. The molecule has 58 valence electrons. The molecule has 0 aliphatic carbocycles. The van der Waals surface area contributed by atoms with Gasteiger partial charge in [-0.15, -0.1) is 6.58 Å². The van der Waals surface area contributed by atoms with Gasteiger partial charge in [-0.05, 0) is 5.41 Å². The predicted molar refractivity (Wildman–Crippen MR) is 43.8 cm³/mol. The van der Waals surface area contributed by atoms with Crippen molar-refractivity contribution in [3.8, 4) is 0 Å². The van der Waals surface area contributed by atoms with Crippen molar-refractivity contribution in [2.45, 2.75) is 27.7 Å². The van der Waals surface area contributed by atoms with Crippen LogP contribution in [0.15, 0.2) is 12.7 Å². The number of allylic oxidation sites excluding steroid dienone is 1. The van der Waals surface area contributed by atoms with Crippen LogP contribution < -0.4 is 0 Å². The fourth-order valence-electron chi connectivity index (χ4n) is 0.415. The van der Waals surface area contributed by atoms with Crippen LogP contribution in [-0.4, -0.2) is 6.29 Å². The molecule has 0 aromatic heterocycles. The maximum Gasteiger partial charge on any atom is 0.126 e. The second-order valence-corrected chi connectivity index (χ2v) is 3.77. The first-order chi connectivity index (χ1) is 4.37. The van der Waals surface area contributed by atoms with Gasteiger partial charge in [0, 0.05) is 5.41 Å². The highest BCUT2D eigenvalue weighted by Gasteiger charge is 2.33. The summed E-state index contributed by atoms with van der Waals surface area (Å²) in [5.74, 6) is 0. The van der Waals surface area contributed by atoms with Crippen LogP contribution in [0.2, 0.25) is 0 Å². The monoisotopic (exact) mass is 140 g/mol. The van der Waals surface area contributed by atoms with Crippen LogP contribution in [0.25, 0.3) is 0 Å². The van der Waals surface area contributed by atoms with Gasteiger partial charge in [0.1, 0.15) is 6.29 Å². The molecule has 0 fully saturated rings. The highest BCUT2D eigenvalue weighted by molar-refractivity contribution is 5.60. The van der Waals surface area contributed by atoms with E-state index in [1.165, 1.54) is 0 Å². The van der Waals surface area contributed by atoms with Crippen molar-refractivity contribution in [2.75, 3.05) is 0 Å². The van der Waals surface area contributed by atoms with E-state index in [1.807, 2.05) is 33.8 Å². The lowest BCUT2D eigenvalue weighted by Crippen LogP contribution is -2.31. The molecule has 0 heterocycles. The van der Waals surface area contributed by atoms with E-state index in [1.54, 1.807) is 0 Å². The smallest absolute Gasteiger partial charge is 0.126 e. The van der Waals surface area contributed by atoms with Gasteiger partial charge in [0.15, 0.2) is 0 Å². The third-order valence-corrected chi connectivity index (χ3v) is 2.47. The van der Waals surface area contributed by atoms with E-state index in [9.17, 15) is 4.79 Å². The summed E-state index contributed by atoms with van der Waals surface area (Å²) in [5, 5.41) is 0. The highest BCUT2D eigenvalue weighted by atomic mass is 16.1. The molecule has 0 aromatic carbocycles. The molecule has 1 nitrogen and oxygen atoms in total. The number of rotatable bonds is 3. The number of hydrogen-bond acceptors (Lipinski definition) is 1. The van der Waals surface area contributed by atoms with E-state index in [0.29, 0.717) is 0 Å². The summed E-state index contributed by atoms with van der Waals surface area (Å²) in [7, 11) is 0. The largest absolute Gasteiger partial charge is 0.303 e. The predicted octanol–water partition coefficient (Wildman–Crippen LogP) is 2.42. The maximum atomic E-state index is 10.6. The first kappa shape index (κ1) is 9.41. The highest BCUT2D eigenvalue weighted by Crippen LogP contribution is 2.37. The Hall–Kier alpha value is -0.590. The minimum Gasteiger partial charge on any atom is -0.303 e. The van der Waals surface area contributed by atoms with Crippen molar-refractivity contribution in [3.05, 3.63) is 12.7 Å². The molecule has 0 aliphatic rings. The Bertz CT molecular complexity index is 125. The van der Waals surface area contributed by atoms with Gasteiger partial charge in [-0.3, -0.25) is 0 Å². The zero-order chi connectivity index (χ0) is 8.41. The molecule has 0 atom stereocenters. The lowest BCUT2D eigenvalue weighted by Gasteiger charge is -2.34. The molecule has 0 unspecified atom stereocenters. The third kappa shape index (κ3) is 1.47. The van der Waals surface area contributed by atoms with E-state index in [-0.39, 0.29) is 10.8 Å². The average molecular weight is 140 g/mol. The van der Waals surface area contributed by atoms with Crippen molar-refractivity contribution in [2.24, 2.45) is 10.8 Å². The molecule has 0 aromatic rings. The summed E-state index contributed by atoms with van der Waals surface area (Å²) >= 11 is 0. The summed E-state index contributed by atoms with van der Waals surface area (Å²) in [6.45, 7) is 11.5. The molecule has 0 N–H and O–H groups in total. The van der Waals surface area contributed by atoms with Gasteiger partial charge in [0.2, 0.25) is 0 Å². The third-order valence-electron chi connectivity index (χ3n) is 2.47.